The Kier molecular flexibility index (Phi) is 4.40. The summed E-state index contributed by atoms with van der Waals surface area (Å²) in [6.07, 6.45) is 3.46. The fraction of sp³-hybridized carbons (Fsp3) is 0.556. The molecule has 0 aromatic carbocycles. The van der Waals surface area contributed by atoms with Crippen molar-refractivity contribution in [3.8, 4) is 0 Å². The van der Waals surface area contributed by atoms with Gasteiger partial charge in [-0.05, 0) is 44.6 Å². The molecule has 0 aliphatic heterocycles. The molecule has 3 heterocycles. The van der Waals surface area contributed by atoms with Crippen molar-refractivity contribution < 1.29 is 9.90 Å². The molecule has 0 spiro atoms. The maximum absolute atomic E-state index is 12.7. The van der Waals surface area contributed by atoms with Crippen LogP contribution in [-0.2, 0) is 6.42 Å². The molecule has 0 bridgehead atoms. The molecule has 1 amide bonds. The lowest BCUT2D eigenvalue weighted by atomic mass is 9.87. The first-order valence-electron chi connectivity index (χ1n) is 9.13. The normalized spacial score (nSPS) is 17.0. The topological polar surface area (TPSA) is 83.6 Å². The van der Waals surface area contributed by atoms with Crippen molar-refractivity contribution in [3.05, 3.63) is 22.1 Å². The summed E-state index contributed by atoms with van der Waals surface area (Å²) in [6.45, 7) is 6.74. The van der Waals surface area contributed by atoms with Gasteiger partial charge in [-0.3, -0.25) is 4.79 Å². The molecule has 138 valence electrons. The summed E-state index contributed by atoms with van der Waals surface area (Å²) in [5.41, 5.74) is 2.06. The number of hydrogen-bond acceptors (Lipinski definition) is 6. The maximum Gasteiger partial charge on any atom is 0.293 e. The average Bonchev–Trinajstić information content (AvgIpc) is 3.21. The Morgan fingerprint density at radius 3 is 2.96 bits per heavy atom. The highest BCUT2D eigenvalue weighted by Gasteiger charge is 2.27. The van der Waals surface area contributed by atoms with Crippen molar-refractivity contribution in [1.29, 1.82) is 0 Å². The van der Waals surface area contributed by atoms with Crippen molar-refractivity contribution in [3.63, 3.8) is 0 Å². The van der Waals surface area contributed by atoms with E-state index < -0.39 is 0 Å². The molecule has 0 radical (unpaired) electrons. The van der Waals surface area contributed by atoms with Crippen LogP contribution in [0.2, 0.25) is 0 Å². The molecule has 1 aliphatic carbocycles. The number of hydrogen-bond donors (Lipinski definition) is 1. The third-order valence-electron chi connectivity index (χ3n) is 5.17. The highest BCUT2D eigenvalue weighted by molar-refractivity contribution is 7.19. The fourth-order valence-electron chi connectivity index (χ4n) is 3.84. The van der Waals surface area contributed by atoms with E-state index in [1.807, 2.05) is 13.8 Å². The SMILES string of the molecule is CCN(CCO)C(=O)c1nc2c3c4c(sc3nc(C)n2n1)CCCC4C. The number of aromatic nitrogens is 4. The van der Waals surface area contributed by atoms with Crippen molar-refractivity contribution in [2.45, 2.75) is 46.0 Å². The minimum absolute atomic E-state index is 0.0761. The van der Waals surface area contributed by atoms with E-state index in [2.05, 4.69) is 17.0 Å². The highest BCUT2D eigenvalue weighted by atomic mass is 32.1. The lowest BCUT2D eigenvalue weighted by Crippen LogP contribution is -2.34. The minimum atomic E-state index is -0.255. The summed E-state index contributed by atoms with van der Waals surface area (Å²) in [4.78, 5) is 26.0. The van der Waals surface area contributed by atoms with Gasteiger partial charge in [0.05, 0.1) is 12.0 Å². The highest BCUT2D eigenvalue weighted by Crippen LogP contribution is 2.42. The number of carbonyl (C=O) groups is 1. The van der Waals surface area contributed by atoms with Crippen molar-refractivity contribution >= 4 is 33.1 Å². The van der Waals surface area contributed by atoms with Crippen molar-refractivity contribution in [2.75, 3.05) is 19.7 Å². The zero-order valence-corrected chi connectivity index (χ0v) is 16.1. The molecule has 3 aromatic rings. The monoisotopic (exact) mass is 373 g/mol. The van der Waals surface area contributed by atoms with Crippen molar-refractivity contribution in [2.24, 2.45) is 0 Å². The van der Waals surface area contributed by atoms with Crippen LogP contribution >= 0.6 is 11.3 Å². The van der Waals surface area contributed by atoms with Crippen LogP contribution in [0.25, 0.3) is 15.9 Å². The molecule has 4 rings (SSSR count). The van der Waals surface area contributed by atoms with Gasteiger partial charge in [0.2, 0.25) is 5.82 Å². The predicted molar refractivity (Wildman–Crippen MR) is 101 cm³/mol. The van der Waals surface area contributed by atoms with Gasteiger partial charge in [-0.25, -0.2) is 9.97 Å². The number of rotatable bonds is 4. The molecule has 1 aliphatic rings. The van der Waals surface area contributed by atoms with Gasteiger partial charge in [-0.2, -0.15) is 4.52 Å². The molecule has 3 aromatic heterocycles. The number of amides is 1. The van der Waals surface area contributed by atoms with Crippen LogP contribution in [0.1, 0.15) is 59.5 Å². The van der Waals surface area contributed by atoms with Gasteiger partial charge in [0.25, 0.3) is 5.91 Å². The Bertz CT molecular complexity index is 993. The van der Waals surface area contributed by atoms with E-state index in [0.717, 1.165) is 28.1 Å². The molecule has 0 saturated heterocycles. The smallest absolute Gasteiger partial charge is 0.293 e. The van der Waals surface area contributed by atoms with E-state index in [-0.39, 0.29) is 24.9 Å². The van der Waals surface area contributed by atoms with Crippen LogP contribution < -0.4 is 0 Å². The Hall–Kier alpha value is -2.06. The number of aryl methyl sites for hydroxylation is 2. The number of nitrogens with zero attached hydrogens (tertiary/aromatic N) is 5. The first kappa shape index (κ1) is 17.4. The standard InChI is InChI=1S/C18H23N5O2S/c1-4-22(8-9-24)18(25)15-20-16-14-13-10(2)6-5-7-12(13)26-17(14)19-11(3)23(16)21-15/h10,24H,4-9H2,1-3H3. The van der Waals surface area contributed by atoms with Crippen LogP contribution in [0, 0.1) is 6.92 Å². The summed E-state index contributed by atoms with van der Waals surface area (Å²) < 4.78 is 1.69. The van der Waals surface area contributed by atoms with Crippen molar-refractivity contribution in [1.82, 2.24) is 24.5 Å². The average molecular weight is 373 g/mol. The maximum atomic E-state index is 12.7. The Labute approximate surface area is 155 Å². The number of carbonyl (C=O) groups excluding carboxylic acids is 1. The van der Waals surface area contributed by atoms with E-state index in [1.165, 1.54) is 23.3 Å². The second-order valence-corrected chi connectivity index (χ2v) is 7.93. The molecule has 0 saturated carbocycles. The van der Waals surface area contributed by atoms with Crippen LogP contribution in [-0.4, -0.2) is 55.2 Å². The lowest BCUT2D eigenvalue weighted by molar-refractivity contribution is 0.0720. The van der Waals surface area contributed by atoms with Crippen LogP contribution in [0.5, 0.6) is 0 Å². The van der Waals surface area contributed by atoms with Crippen LogP contribution in [0.15, 0.2) is 0 Å². The van der Waals surface area contributed by atoms with E-state index in [0.29, 0.717) is 12.5 Å². The Morgan fingerprint density at radius 1 is 1.42 bits per heavy atom. The van der Waals surface area contributed by atoms with Crippen LogP contribution in [0.4, 0.5) is 0 Å². The lowest BCUT2D eigenvalue weighted by Gasteiger charge is -2.18. The van der Waals surface area contributed by atoms with Gasteiger partial charge in [0.15, 0.2) is 5.65 Å². The Balaban J connectivity index is 1.92. The summed E-state index contributed by atoms with van der Waals surface area (Å²) in [5, 5.41) is 14.7. The van der Waals surface area contributed by atoms with Gasteiger partial charge in [-0.15, -0.1) is 16.4 Å². The van der Waals surface area contributed by atoms with Gasteiger partial charge in [0.1, 0.15) is 10.7 Å². The quantitative estimate of drug-likeness (QED) is 0.760. The van der Waals surface area contributed by atoms with E-state index in [4.69, 9.17) is 4.98 Å². The van der Waals surface area contributed by atoms with Crippen LogP contribution in [0.3, 0.4) is 0 Å². The number of thiophene rings is 1. The second kappa shape index (κ2) is 6.59. The molecule has 0 fully saturated rings. The van der Waals surface area contributed by atoms with E-state index in [9.17, 15) is 9.90 Å². The molecule has 7 nitrogen and oxygen atoms in total. The molecule has 1 atom stereocenters. The summed E-state index contributed by atoms with van der Waals surface area (Å²) in [6, 6.07) is 0. The van der Waals surface area contributed by atoms with Gasteiger partial charge in [-0.1, -0.05) is 6.92 Å². The van der Waals surface area contributed by atoms with Gasteiger partial charge in [0, 0.05) is 18.0 Å². The molecule has 26 heavy (non-hydrogen) atoms. The third kappa shape index (κ3) is 2.59. The summed E-state index contributed by atoms with van der Waals surface area (Å²) >= 11 is 1.75. The van der Waals surface area contributed by atoms with Gasteiger partial charge < -0.3 is 10.0 Å². The Morgan fingerprint density at radius 2 is 2.23 bits per heavy atom. The largest absolute Gasteiger partial charge is 0.395 e. The number of fused-ring (bicyclic) bond motifs is 5. The zero-order valence-electron chi connectivity index (χ0n) is 15.3. The zero-order chi connectivity index (χ0) is 18.4. The molecular weight excluding hydrogens is 350 g/mol. The third-order valence-corrected chi connectivity index (χ3v) is 6.33. The molecule has 8 heteroatoms. The first-order chi connectivity index (χ1) is 12.5. The predicted octanol–water partition coefficient (Wildman–Crippen LogP) is 2.54. The minimum Gasteiger partial charge on any atom is -0.395 e. The van der Waals surface area contributed by atoms with Gasteiger partial charge >= 0.3 is 0 Å². The first-order valence-corrected chi connectivity index (χ1v) is 9.95. The summed E-state index contributed by atoms with van der Waals surface area (Å²) in [7, 11) is 0. The van der Waals surface area contributed by atoms with E-state index >= 15 is 0 Å². The molecular formula is C18H23N5O2S. The van der Waals surface area contributed by atoms with E-state index in [1.54, 1.807) is 20.8 Å². The molecule has 1 N–H and O–H groups in total. The summed E-state index contributed by atoms with van der Waals surface area (Å²) in [5.74, 6) is 1.12. The molecule has 1 unspecified atom stereocenters. The number of aliphatic hydroxyl groups is 1. The number of aliphatic hydroxyl groups excluding tert-OH is 1. The second-order valence-electron chi connectivity index (χ2n) is 6.85. The number of likely N-dealkylation sites (N-methyl/N-ethyl adjacent to an activating group) is 1. The fourth-order valence-corrected chi connectivity index (χ4v) is 5.22.